The van der Waals surface area contributed by atoms with Gasteiger partial charge in [0, 0.05) is 24.4 Å². The van der Waals surface area contributed by atoms with E-state index >= 15 is 0 Å². The van der Waals surface area contributed by atoms with Crippen LogP contribution in [0.1, 0.15) is 36.5 Å². The average molecular weight is 413 g/mol. The molecular formula is C16H20N4O3S3. The van der Waals surface area contributed by atoms with E-state index < -0.39 is 15.9 Å². The number of carbonyl (C=O) groups excluding carboxylic acids is 1. The van der Waals surface area contributed by atoms with Crippen LogP contribution in [0.5, 0.6) is 0 Å². The van der Waals surface area contributed by atoms with Gasteiger partial charge in [-0.2, -0.15) is 4.31 Å². The molecule has 1 aromatic heterocycles. The molecule has 0 unspecified atom stereocenters. The zero-order valence-corrected chi connectivity index (χ0v) is 16.8. The first-order valence-corrected chi connectivity index (χ1v) is 11.6. The minimum absolute atomic E-state index is 0.142. The molecule has 10 heteroatoms. The third-order valence-electron chi connectivity index (χ3n) is 3.86. The predicted molar refractivity (Wildman–Crippen MR) is 103 cm³/mol. The smallest absolute Gasteiger partial charge is 0.257 e. The van der Waals surface area contributed by atoms with Gasteiger partial charge in [0.25, 0.3) is 5.91 Å². The van der Waals surface area contributed by atoms with E-state index in [1.165, 1.54) is 27.8 Å². The van der Waals surface area contributed by atoms with Crippen molar-refractivity contribution < 1.29 is 13.2 Å². The molecule has 0 saturated carbocycles. The van der Waals surface area contributed by atoms with Crippen LogP contribution < -0.4 is 5.32 Å². The lowest BCUT2D eigenvalue weighted by atomic mass is 10.2. The first-order chi connectivity index (χ1) is 12.5. The summed E-state index contributed by atoms with van der Waals surface area (Å²) in [6.07, 6.45) is 2.77. The third-order valence-corrected chi connectivity index (χ3v) is 7.93. The van der Waals surface area contributed by atoms with Gasteiger partial charge in [0.2, 0.25) is 15.2 Å². The zero-order valence-electron chi connectivity index (χ0n) is 14.3. The SMILES string of the molecule is CCCSc1nnc(NC(=O)c2cccc(S(=O)(=O)N3CCCC3)c2)s1. The van der Waals surface area contributed by atoms with Crippen LogP contribution in [0, 0.1) is 0 Å². The number of amides is 1. The Balaban J connectivity index is 1.73. The van der Waals surface area contributed by atoms with E-state index in [2.05, 4.69) is 22.4 Å². The maximum absolute atomic E-state index is 12.6. The lowest BCUT2D eigenvalue weighted by Gasteiger charge is -2.15. The molecule has 1 saturated heterocycles. The molecule has 2 heterocycles. The van der Waals surface area contributed by atoms with E-state index in [1.54, 1.807) is 23.9 Å². The van der Waals surface area contributed by atoms with Crippen molar-refractivity contribution in [1.29, 1.82) is 0 Å². The summed E-state index contributed by atoms with van der Waals surface area (Å²) in [5, 5.41) is 11.1. The summed E-state index contributed by atoms with van der Waals surface area (Å²) in [7, 11) is -3.55. The Morgan fingerprint density at radius 1 is 1.31 bits per heavy atom. The molecule has 3 rings (SSSR count). The molecule has 1 aromatic carbocycles. The molecule has 7 nitrogen and oxygen atoms in total. The van der Waals surface area contributed by atoms with Gasteiger partial charge in [-0.05, 0) is 37.5 Å². The second-order valence-corrected chi connectivity index (χ2v) is 10.1. The molecule has 2 aromatic rings. The van der Waals surface area contributed by atoms with E-state index in [9.17, 15) is 13.2 Å². The Labute approximate surface area is 161 Å². The Morgan fingerprint density at radius 2 is 2.08 bits per heavy atom. The number of nitrogens with zero attached hydrogens (tertiary/aromatic N) is 3. The fourth-order valence-corrected chi connectivity index (χ4v) is 5.79. The topological polar surface area (TPSA) is 92.3 Å². The summed E-state index contributed by atoms with van der Waals surface area (Å²) in [5.74, 6) is 0.547. The highest BCUT2D eigenvalue weighted by Crippen LogP contribution is 2.26. The van der Waals surface area contributed by atoms with Gasteiger partial charge in [-0.3, -0.25) is 10.1 Å². The number of nitrogens with one attached hydrogen (secondary N) is 1. The van der Waals surface area contributed by atoms with Gasteiger partial charge in [-0.1, -0.05) is 36.1 Å². The first-order valence-electron chi connectivity index (χ1n) is 8.38. The number of sulfonamides is 1. The summed E-state index contributed by atoms with van der Waals surface area (Å²) in [6, 6.07) is 6.11. The second-order valence-electron chi connectivity index (χ2n) is 5.81. The number of aromatic nitrogens is 2. The monoisotopic (exact) mass is 412 g/mol. The number of benzene rings is 1. The number of thioether (sulfide) groups is 1. The van der Waals surface area contributed by atoms with Crippen molar-refractivity contribution in [2.24, 2.45) is 0 Å². The summed E-state index contributed by atoms with van der Waals surface area (Å²) in [4.78, 5) is 12.6. The van der Waals surface area contributed by atoms with Crippen LogP contribution in [0.15, 0.2) is 33.5 Å². The molecule has 1 aliphatic rings. The molecule has 1 amide bonds. The molecule has 0 aliphatic carbocycles. The van der Waals surface area contributed by atoms with Crippen molar-refractivity contribution in [3.63, 3.8) is 0 Å². The van der Waals surface area contributed by atoms with E-state index in [4.69, 9.17) is 0 Å². The second kappa shape index (κ2) is 8.47. The summed E-state index contributed by atoms with van der Waals surface area (Å²) >= 11 is 2.90. The molecular weight excluding hydrogens is 392 g/mol. The first kappa shape index (κ1) is 19.3. The standard InChI is InChI=1S/C16H20N4O3S3/c1-2-10-24-16-19-18-15(25-16)17-14(21)12-6-5-7-13(11-12)26(22,23)20-8-3-4-9-20/h5-7,11H,2-4,8-10H2,1H3,(H,17,18,21). The molecule has 0 bridgehead atoms. The highest BCUT2D eigenvalue weighted by molar-refractivity contribution is 8.01. The Morgan fingerprint density at radius 3 is 2.81 bits per heavy atom. The predicted octanol–water partition coefficient (Wildman–Crippen LogP) is 3.08. The lowest BCUT2D eigenvalue weighted by molar-refractivity contribution is 0.102. The third kappa shape index (κ3) is 4.43. The molecule has 0 atom stereocenters. The minimum atomic E-state index is -3.55. The van der Waals surface area contributed by atoms with Gasteiger partial charge < -0.3 is 0 Å². The number of anilines is 1. The van der Waals surface area contributed by atoms with Crippen LogP contribution in [0.4, 0.5) is 5.13 Å². The van der Waals surface area contributed by atoms with Crippen molar-refractivity contribution in [1.82, 2.24) is 14.5 Å². The summed E-state index contributed by atoms with van der Waals surface area (Å²) in [6.45, 7) is 3.14. The van der Waals surface area contributed by atoms with Gasteiger partial charge in [0.1, 0.15) is 0 Å². The molecule has 1 aliphatic heterocycles. The van der Waals surface area contributed by atoms with Crippen LogP contribution in [-0.2, 0) is 10.0 Å². The number of hydrogen-bond acceptors (Lipinski definition) is 7. The summed E-state index contributed by atoms with van der Waals surface area (Å²) in [5.41, 5.74) is 0.281. The average Bonchev–Trinajstić information content (AvgIpc) is 3.32. The maximum atomic E-state index is 12.6. The Kier molecular flexibility index (Phi) is 6.28. The highest BCUT2D eigenvalue weighted by Gasteiger charge is 2.27. The lowest BCUT2D eigenvalue weighted by Crippen LogP contribution is -2.28. The van der Waals surface area contributed by atoms with Crippen LogP contribution in [0.25, 0.3) is 0 Å². The van der Waals surface area contributed by atoms with Crippen LogP contribution in [-0.4, -0.2) is 47.7 Å². The number of rotatable bonds is 7. The fraction of sp³-hybridized carbons (Fsp3) is 0.438. The Hall–Kier alpha value is -1.49. The van der Waals surface area contributed by atoms with Crippen molar-refractivity contribution in [3.05, 3.63) is 29.8 Å². The minimum Gasteiger partial charge on any atom is -0.296 e. The fourth-order valence-electron chi connectivity index (χ4n) is 2.55. The normalized spacial score (nSPS) is 15.3. The quantitative estimate of drug-likeness (QED) is 0.555. The van der Waals surface area contributed by atoms with Crippen molar-refractivity contribution in [2.45, 2.75) is 35.4 Å². The molecule has 140 valence electrons. The Bertz CT molecular complexity index is 876. The molecule has 1 N–H and O–H groups in total. The highest BCUT2D eigenvalue weighted by atomic mass is 32.2. The van der Waals surface area contributed by atoms with E-state index in [1.807, 2.05) is 0 Å². The molecule has 26 heavy (non-hydrogen) atoms. The molecule has 0 radical (unpaired) electrons. The van der Waals surface area contributed by atoms with Crippen LogP contribution in [0.2, 0.25) is 0 Å². The van der Waals surface area contributed by atoms with Crippen LogP contribution in [0.3, 0.4) is 0 Å². The van der Waals surface area contributed by atoms with Gasteiger partial charge in [0.15, 0.2) is 4.34 Å². The number of carbonyl (C=O) groups is 1. The van der Waals surface area contributed by atoms with Gasteiger partial charge >= 0.3 is 0 Å². The molecule has 0 spiro atoms. The maximum Gasteiger partial charge on any atom is 0.257 e. The van der Waals surface area contributed by atoms with Gasteiger partial charge in [-0.25, -0.2) is 8.42 Å². The van der Waals surface area contributed by atoms with E-state index in [-0.39, 0.29) is 10.5 Å². The van der Waals surface area contributed by atoms with Crippen molar-refractivity contribution in [3.8, 4) is 0 Å². The summed E-state index contributed by atoms with van der Waals surface area (Å²) < 4.78 is 27.5. The van der Waals surface area contributed by atoms with Gasteiger partial charge in [-0.15, -0.1) is 10.2 Å². The molecule has 1 fully saturated rings. The van der Waals surface area contributed by atoms with Gasteiger partial charge in [0.05, 0.1) is 4.90 Å². The number of hydrogen-bond donors (Lipinski definition) is 1. The van der Waals surface area contributed by atoms with Crippen molar-refractivity contribution >= 4 is 44.2 Å². The zero-order chi connectivity index (χ0) is 18.6. The largest absolute Gasteiger partial charge is 0.296 e. The van der Waals surface area contributed by atoms with Crippen LogP contribution >= 0.6 is 23.1 Å². The van der Waals surface area contributed by atoms with E-state index in [0.29, 0.717) is 18.2 Å². The van der Waals surface area contributed by atoms with E-state index in [0.717, 1.165) is 29.4 Å². The van der Waals surface area contributed by atoms with Crippen molar-refractivity contribution in [2.75, 3.05) is 24.2 Å².